The van der Waals surface area contributed by atoms with Crippen LogP contribution >= 0.6 is 0 Å². The first-order chi connectivity index (χ1) is 10.5. The SMILES string of the molecule is COc1ccc(S(=O)(=O)NCCS(=O)c2ccccc2)cc1. The molecule has 0 spiro atoms. The second-order valence-electron chi connectivity index (χ2n) is 4.44. The molecule has 0 aliphatic heterocycles. The predicted molar refractivity (Wildman–Crippen MR) is 85.9 cm³/mol. The van der Waals surface area contributed by atoms with E-state index in [4.69, 9.17) is 4.74 Å². The Morgan fingerprint density at radius 3 is 2.27 bits per heavy atom. The quantitative estimate of drug-likeness (QED) is 0.835. The molecule has 0 aliphatic rings. The lowest BCUT2D eigenvalue weighted by atomic mass is 10.3. The maximum Gasteiger partial charge on any atom is 0.240 e. The van der Waals surface area contributed by atoms with Crippen LogP contribution in [0.5, 0.6) is 5.75 Å². The van der Waals surface area contributed by atoms with Crippen molar-refractivity contribution in [3.05, 3.63) is 54.6 Å². The van der Waals surface area contributed by atoms with E-state index in [0.717, 1.165) is 0 Å². The van der Waals surface area contributed by atoms with Crippen molar-refractivity contribution in [2.45, 2.75) is 9.79 Å². The Kier molecular flexibility index (Phi) is 5.70. The Bertz CT molecular complexity index is 728. The Morgan fingerprint density at radius 2 is 1.68 bits per heavy atom. The van der Waals surface area contributed by atoms with Gasteiger partial charge >= 0.3 is 0 Å². The number of ether oxygens (including phenoxy) is 1. The van der Waals surface area contributed by atoms with Gasteiger partial charge in [0.15, 0.2) is 0 Å². The van der Waals surface area contributed by atoms with Crippen LogP contribution in [0.15, 0.2) is 64.4 Å². The Morgan fingerprint density at radius 1 is 1.05 bits per heavy atom. The molecule has 2 aromatic carbocycles. The highest BCUT2D eigenvalue weighted by molar-refractivity contribution is 7.89. The zero-order valence-electron chi connectivity index (χ0n) is 12.1. The lowest BCUT2D eigenvalue weighted by Gasteiger charge is -2.07. The van der Waals surface area contributed by atoms with E-state index < -0.39 is 20.8 Å². The maximum absolute atomic E-state index is 12.1. The van der Waals surface area contributed by atoms with Gasteiger partial charge in [-0.3, -0.25) is 4.21 Å². The van der Waals surface area contributed by atoms with Crippen LogP contribution in [0, 0.1) is 0 Å². The minimum absolute atomic E-state index is 0.107. The molecule has 5 nitrogen and oxygen atoms in total. The normalized spacial score (nSPS) is 12.8. The van der Waals surface area contributed by atoms with Crippen LogP contribution in [0.1, 0.15) is 0 Å². The predicted octanol–water partition coefficient (Wildman–Crippen LogP) is 1.78. The Balaban J connectivity index is 1.93. The molecule has 2 aromatic rings. The minimum Gasteiger partial charge on any atom is -0.497 e. The summed E-state index contributed by atoms with van der Waals surface area (Å²) in [6.45, 7) is 0.107. The first-order valence-corrected chi connectivity index (χ1v) is 9.40. The zero-order chi connectivity index (χ0) is 16.0. The number of hydrogen-bond acceptors (Lipinski definition) is 4. The van der Waals surface area contributed by atoms with Crippen molar-refractivity contribution in [1.29, 1.82) is 0 Å². The van der Waals surface area contributed by atoms with Crippen molar-refractivity contribution in [2.24, 2.45) is 0 Å². The largest absolute Gasteiger partial charge is 0.497 e. The van der Waals surface area contributed by atoms with Gasteiger partial charge in [0.05, 0.1) is 22.8 Å². The van der Waals surface area contributed by atoms with E-state index in [1.807, 2.05) is 6.07 Å². The summed E-state index contributed by atoms with van der Waals surface area (Å²) in [5.41, 5.74) is 0. The molecular formula is C15H17NO4S2. The van der Waals surface area contributed by atoms with E-state index in [0.29, 0.717) is 10.6 Å². The second kappa shape index (κ2) is 7.53. The van der Waals surface area contributed by atoms with E-state index in [1.54, 1.807) is 36.4 Å². The summed E-state index contributed by atoms with van der Waals surface area (Å²) in [4.78, 5) is 0.838. The average molecular weight is 339 g/mol. The Hall–Kier alpha value is -1.70. The fourth-order valence-electron chi connectivity index (χ4n) is 1.80. The first kappa shape index (κ1) is 16.7. The van der Waals surface area contributed by atoms with Gasteiger partial charge in [-0.1, -0.05) is 18.2 Å². The smallest absolute Gasteiger partial charge is 0.240 e. The molecular weight excluding hydrogens is 322 g/mol. The van der Waals surface area contributed by atoms with E-state index in [9.17, 15) is 12.6 Å². The van der Waals surface area contributed by atoms with Gasteiger partial charge in [-0.25, -0.2) is 13.1 Å². The van der Waals surface area contributed by atoms with Crippen molar-refractivity contribution in [3.8, 4) is 5.75 Å². The van der Waals surface area contributed by atoms with E-state index in [-0.39, 0.29) is 17.2 Å². The van der Waals surface area contributed by atoms with Gasteiger partial charge in [0.1, 0.15) is 5.75 Å². The molecule has 0 heterocycles. The third kappa shape index (κ3) is 4.40. The fraction of sp³-hybridized carbons (Fsp3) is 0.200. The number of nitrogens with one attached hydrogen (secondary N) is 1. The van der Waals surface area contributed by atoms with Crippen LogP contribution in [-0.4, -0.2) is 32.0 Å². The molecule has 0 saturated heterocycles. The summed E-state index contributed by atoms with van der Waals surface area (Å²) in [6.07, 6.45) is 0. The van der Waals surface area contributed by atoms with Crippen molar-refractivity contribution in [1.82, 2.24) is 4.72 Å². The van der Waals surface area contributed by atoms with Crippen LogP contribution in [0.4, 0.5) is 0 Å². The average Bonchev–Trinajstić information content (AvgIpc) is 2.55. The molecule has 1 N–H and O–H groups in total. The summed E-state index contributed by atoms with van der Waals surface area (Å²) in [6, 6.07) is 15.1. The van der Waals surface area contributed by atoms with Crippen LogP contribution < -0.4 is 9.46 Å². The highest BCUT2D eigenvalue weighted by Gasteiger charge is 2.14. The minimum atomic E-state index is -3.60. The van der Waals surface area contributed by atoms with E-state index in [1.165, 1.54) is 19.2 Å². The number of rotatable bonds is 7. The number of hydrogen-bond donors (Lipinski definition) is 1. The molecule has 118 valence electrons. The summed E-state index contributed by atoms with van der Waals surface area (Å²) < 4.78 is 43.6. The molecule has 0 bridgehead atoms. The molecule has 2 rings (SSSR count). The molecule has 0 amide bonds. The Labute approximate surface area is 132 Å². The highest BCUT2D eigenvalue weighted by Crippen LogP contribution is 2.15. The second-order valence-corrected chi connectivity index (χ2v) is 7.77. The molecule has 0 aliphatic carbocycles. The summed E-state index contributed by atoms with van der Waals surface area (Å²) in [5.74, 6) is 0.809. The van der Waals surface area contributed by atoms with E-state index >= 15 is 0 Å². The van der Waals surface area contributed by atoms with Gasteiger partial charge in [-0.05, 0) is 36.4 Å². The number of benzene rings is 2. The monoisotopic (exact) mass is 339 g/mol. The van der Waals surface area contributed by atoms with Gasteiger partial charge < -0.3 is 4.74 Å². The maximum atomic E-state index is 12.1. The molecule has 1 atom stereocenters. The summed E-state index contributed by atoms with van der Waals surface area (Å²) >= 11 is 0. The highest BCUT2D eigenvalue weighted by atomic mass is 32.2. The standard InChI is InChI=1S/C15H17NO4S2/c1-20-13-7-9-15(10-8-13)22(18,19)16-11-12-21(17)14-5-3-2-4-6-14/h2-10,16H,11-12H2,1H3. The molecule has 1 unspecified atom stereocenters. The lowest BCUT2D eigenvalue weighted by Crippen LogP contribution is -2.27. The molecule has 0 fully saturated rings. The fourth-order valence-corrected chi connectivity index (χ4v) is 3.94. The number of sulfonamides is 1. The van der Waals surface area contributed by atoms with Gasteiger partial charge in [0.25, 0.3) is 0 Å². The van der Waals surface area contributed by atoms with Crippen LogP contribution in [-0.2, 0) is 20.8 Å². The van der Waals surface area contributed by atoms with Crippen molar-refractivity contribution in [2.75, 3.05) is 19.4 Å². The summed E-state index contributed by atoms with van der Waals surface area (Å²) in [5, 5.41) is 0. The van der Waals surface area contributed by atoms with Crippen molar-refractivity contribution in [3.63, 3.8) is 0 Å². The van der Waals surface area contributed by atoms with Crippen molar-refractivity contribution >= 4 is 20.8 Å². The third-order valence-electron chi connectivity index (χ3n) is 2.96. The molecule has 7 heteroatoms. The number of methoxy groups -OCH3 is 1. The van der Waals surface area contributed by atoms with Crippen LogP contribution in [0.3, 0.4) is 0 Å². The topological polar surface area (TPSA) is 72.5 Å². The van der Waals surface area contributed by atoms with Gasteiger partial charge in [-0.15, -0.1) is 0 Å². The molecule has 0 saturated carbocycles. The van der Waals surface area contributed by atoms with Gasteiger partial charge in [0, 0.05) is 17.2 Å². The molecule has 0 aromatic heterocycles. The lowest BCUT2D eigenvalue weighted by molar-refractivity contribution is 0.414. The van der Waals surface area contributed by atoms with Crippen molar-refractivity contribution < 1.29 is 17.4 Å². The molecule has 0 radical (unpaired) electrons. The molecule has 22 heavy (non-hydrogen) atoms. The van der Waals surface area contributed by atoms with Gasteiger partial charge in [-0.2, -0.15) is 0 Å². The first-order valence-electron chi connectivity index (χ1n) is 6.60. The van der Waals surface area contributed by atoms with Crippen LogP contribution in [0.2, 0.25) is 0 Å². The zero-order valence-corrected chi connectivity index (χ0v) is 13.7. The van der Waals surface area contributed by atoms with E-state index in [2.05, 4.69) is 4.72 Å². The van der Waals surface area contributed by atoms with Crippen LogP contribution in [0.25, 0.3) is 0 Å². The van der Waals surface area contributed by atoms with Gasteiger partial charge in [0.2, 0.25) is 10.0 Å². The summed E-state index contributed by atoms with van der Waals surface area (Å²) in [7, 11) is -3.32. The third-order valence-corrected chi connectivity index (χ3v) is 5.81.